The first-order chi connectivity index (χ1) is 14.6. The molecule has 0 aliphatic heterocycles. The number of methoxy groups -OCH3 is 1. The van der Waals surface area contributed by atoms with Crippen LogP contribution in [0.1, 0.15) is 20.8 Å². The molecule has 0 radical (unpaired) electrons. The van der Waals surface area contributed by atoms with Crippen LogP contribution >= 0.6 is 11.6 Å². The van der Waals surface area contributed by atoms with E-state index in [2.05, 4.69) is 10.3 Å². The number of anilines is 1. The van der Waals surface area contributed by atoms with Crippen LogP contribution in [0.2, 0.25) is 5.02 Å². The Morgan fingerprint density at radius 2 is 1.63 bits per heavy atom. The van der Waals surface area contributed by atoms with Crippen LogP contribution in [0.25, 0.3) is 10.9 Å². The summed E-state index contributed by atoms with van der Waals surface area (Å²) in [6, 6.07) is 20.7. The van der Waals surface area contributed by atoms with Crippen molar-refractivity contribution in [1.82, 2.24) is 4.98 Å². The summed E-state index contributed by atoms with van der Waals surface area (Å²) < 4.78 is 10.6. The Morgan fingerprint density at radius 1 is 0.933 bits per heavy atom. The van der Waals surface area contributed by atoms with Gasteiger partial charge in [0, 0.05) is 16.6 Å². The monoisotopic (exact) mass is 420 g/mol. The van der Waals surface area contributed by atoms with Crippen LogP contribution in [0.4, 0.5) is 5.69 Å². The molecule has 0 atom stereocenters. The van der Waals surface area contributed by atoms with Crippen molar-refractivity contribution in [2.45, 2.75) is 0 Å². The summed E-state index contributed by atoms with van der Waals surface area (Å²) in [5, 5.41) is 3.85. The second kappa shape index (κ2) is 8.31. The minimum Gasteiger partial charge on any atom is -0.496 e. The largest absolute Gasteiger partial charge is 0.496 e. The number of ether oxygens (including phenoxy) is 2. The van der Waals surface area contributed by atoms with Gasteiger partial charge in [-0.2, -0.15) is 0 Å². The number of hydrogen-bond acceptors (Lipinski definition) is 4. The lowest BCUT2D eigenvalue weighted by Gasteiger charge is -2.10. The number of aromatic nitrogens is 1. The minimum atomic E-state index is -0.595. The van der Waals surface area contributed by atoms with E-state index < -0.39 is 5.97 Å². The maximum Gasteiger partial charge on any atom is 0.361 e. The molecule has 30 heavy (non-hydrogen) atoms. The van der Waals surface area contributed by atoms with Crippen LogP contribution in [0, 0.1) is 0 Å². The van der Waals surface area contributed by atoms with Gasteiger partial charge in [0.05, 0.1) is 17.7 Å². The third-order valence-corrected chi connectivity index (χ3v) is 4.91. The Bertz CT molecular complexity index is 1230. The summed E-state index contributed by atoms with van der Waals surface area (Å²) in [5.41, 5.74) is 1.91. The molecule has 7 heteroatoms. The van der Waals surface area contributed by atoms with Gasteiger partial charge < -0.3 is 19.8 Å². The number of H-pyrrole nitrogens is 1. The van der Waals surface area contributed by atoms with Crippen molar-refractivity contribution in [1.29, 1.82) is 0 Å². The van der Waals surface area contributed by atoms with E-state index in [9.17, 15) is 9.59 Å². The number of rotatable bonds is 5. The van der Waals surface area contributed by atoms with Gasteiger partial charge in [-0.15, -0.1) is 0 Å². The van der Waals surface area contributed by atoms with Crippen LogP contribution < -0.4 is 14.8 Å². The Labute approximate surface area is 177 Å². The molecule has 0 bridgehead atoms. The molecule has 150 valence electrons. The predicted octanol–water partition coefficient (Wildman–Crippen LogP) is 5.30. The average molecular weight is 421 g/mol. The molecule has 2 N–H and O–H groups in total. The molecule has 0 unspecified atom stereocenters. The molecule has 0 aliphatic rings. The van der Waals surface area contributed by atoms with Gasteiger partial charge in [-0.05, 0) is 42.5 Å². The summed E-state index contributed by atoms with van der Waals surface area (Å²) in [7, 11) is 1.51. The van der Waals surface area contributed by atoms with E-state index in [1.165, 1.54) is 7.11 Å². The number of amides is 1. The lowest BCUT2D eigenvalue weighted by molar-refractivity contribution is 0.0729. The van der Waals surface area contributed by atoms with Gasteiger partial charge in [0.1, 0.15) is 17.2 Å². The number of carbonyl (C=O) groups is 2. The lowest BCUT2D eigenvalue weighted by atomic mass is 10.2. The number of benzene rings is 3. The summed E-state index contributed by atoms with van der Waals surface area (Å²) in [5.74, 6) is -0.0927. The highest BCUT2D eigenvalue weighted by Gasteiger charge is 2.18. The van der Waals surface area contributed by atoms with Gasteiger partial charge >= 0.3 is 5.97 Å². The fourth-order valence-electron chi connectivity index (χ4n) is 3.04. The molecule has 1 heterocycles. The van der Waals surface area contributed by atoms with Crippen molar-refractivity contribution in [3.05, 3.63) is 89.1 Å². The Hall–Kier alpha value is -3.77. The number of fused-ring (bicyclic) bond motifs is 1. The number of carbonyl (C=O) groups excluding carboxylic acids is 2. The van der Waals surface area contributed by atoms with Gasteiger partial charge in [-0.3, -0.25) is 4.79 Å². The minimum absolute atomic E-state index is 0.186. The molecular formula is C23H17ClN2O4. The van der Waals surface area contributed by atoms with E-state index in [-0.39, 0.29) is 11.6 Å². The van der Waals surface area contributed by atoms with E-state index in [1.807, 2.05) is 24.3 Å². The fourth-order valence-corrected chi connectivity index (χ4v) is 3.33. The quantitative estimate of drug-likeness (QED) is 0.339. The predicted molar refractivity (Wildman–Crippen MR) is 116 cm³/mol. The molecule has 6 nitrogen and oxygen atoms in total. The highest BCUT2D eigenvalue weighted by Crippen LogP contribution is 2.28. The zero-order valence-electron chi connectivity index (χ0n) is 15.9. The fraction of sp³-hybridized carbons (Fsp3) is 0.0435. The van der Waals surface area contributed by atoms with Crippen molar-refractivity contribution in [2.24, 2.45) is 0 Å². The van der Waals surface area contributed by atoms with E-state index in [0.29, 0.717) is 27.8 Å². The molecule has 0 fully saturated rings. The first-order valence-electron chi connectivity index (χ1n) is 9.09. The molecule has 1 aromatic heterocycles. The molecule has 0 aliphatic carbocycles. The van der Waals surface area contributed by atoms with Crippen LogP contribution in [0.15, 0.2) is 72.8 Å². The van der Waals surface area contributed by atoms with Crippen molar-refractivity contribution < 1.29 is 19.1 Å². The maximum atomic E-state index is 12.5. The second-order valence-corrected chi connectivity index (χ2v) is 6.81. The molecule has 3 aromatic carbocycles. The number of hydrogen-bond donors (Lipinski definition) is 2. The van der Waals surface area contributed by atoms with Gasteiger partial charge in [-0.1, -0.05) is 41.9 Å². The number of halogens is 1. The number of esters is 1. The summed E-state index contributed by atoms with van der Waals surface area (Å²) >= 11 is 6.29. The highest BCUT2D eigenvalue weighted by atomic mass is 35.5. The Balaban J connectivity index is 1.46. The number of aromatic amines is 1. The summed E-state index contributed by atoms with van der Waals surface area (Å²) in [6.45, 7) is 0. The summed E-state index contributed by atoms with van der Waals surface area (Å²) in [6.07, 6.45) is 0. The van der Waals surface area contributed by atoms with E-state index >= 15 is 0 Å². The SMILES string of the molecule is COc1ccccc1C(=O)Nc1ccc(OC(=O)c2[nH]c3ccccc3c2Cl)cc1. The van der Waals surface area contributed by atoms with Crippen molar-refractivity contribution in [2.75, 3.05) is 12.4 Å². The topological polar surface area (TPSA) is 80.4 Å². The lowest BCUT2D eigenvalue weighted by Crippen LogP contribution is -2.13. The molecule has 4 rings (SSSR count). The molecule has 1 amide bonds. The third kappa shape index (κ3) is 3.86. The van der Waals surface area contributed by atoms with E-state index in [4.69, 9.17) is 21.1 Å². The third-order valence-electron chi connectivity index (χ3n) is 4.52. The van der Waals surface area contributed by atoms with Crippen LogP contribution in [-0.2, 0) is 0 Å². The molecule has 0 spiro atoms. The van der Waals surface area contributed by atoms with Crippen LogP contribution in [-0.4, -0.2) is 24.0 Å². The molecular weight excluding hydrogens is 404 g/mol. The van der Waals surface area contributed by atoms with E-state index in [1.54, 1.807) is 48.5 Å². The maximum absolute atomic E-state index is 12.5. The van der Waals surface area contributed by atoms with Gasteiger partial charge in [-0.25, -0.2) is 4.79 Å². The van der Waals surface area contributed by atoms with Crippen LogP contribution in [0.5, 0.6) is 11.5 Å². The number of para-hydroxylation sites is 2. The zero-order valence-corrected chi connectivity index (χ0v) is 16.7. The highest BCUT2D eigenvalue weighted by molar-refractivity contribution is 6.38. The van der Waals surface area contributed by atoms with Crippen molar-refractivity contribution in [3.63, 3.8) is 0 Å². The standard InChI is InChI=1S/C23H17ClN2O4/c1-29-19-9-5-3-7-17(19)22(27)25-14-10-12-15(13-11-14)30-23(28)21-20(24)16-6-2-4-8-18(16)26-21/h2-13,26H,1H3,(H,25,27). The zero-order chi connectivity index (χ0) is 21.1. The first kappa shape index (κ1) is 19.5. The van der Waals surface area contributed by atoms with E-state index in [0.717, 1.165) is 10.9 Å². The molecule has 0 saturated heterocycles. The second-order valence-electron chi connectivity index (χ2n) is 6.43. The molecule has 0 saturated carbocycles. The van der Waals surface area contributed by atoms with Crippen molar-refractivity contribution >= 4 is 40.1 Å². The normalized spacial score (nSPS) is 10.6. The van der Waals surface area contributed by atoms with Crippen LogP contribution in [0.3, 0.4) is 0 Å². The van der Waals surface area contributed by atoms with Gasteiger partial charge in [0.25, 0.3) is 5.91 Å². The average Bonchev–Trinajstić information content (AvgIpc) is 3.12. The number of nitrogens with one attached hydrogen (secondary N) is 2. The first-order valence-corrected chi connectivity index (χ1v) is 9.47. The Kier molecular flexibility index (Phi) is 5.41. The smallest absolute Gasteiger partial charge is 0.361 e. The van der Waals surface area contributed by atoms with Gasteiger partial charge in [0.2, 0.25) is 0 Å². The Morgan fingerprint density at radius 3 is 2.37 bits per heavy atom. The summed E-state index contributed by atoms with van der Waals surface area (Å²) in [4.78, 5) is 27.9. The molecule has 4 aromatic rings. The van der Waals surface area contributed by atoms with Crippen molar-refractivity contribution in [3.8, 4) is 11.5 Å². The van der Waals surface area contributed by atoms with Gasteiger partial charge in [0.15, 0.2) is 0 Å².